The van der Waals surface area contributed by atoms with Gasteiger partial charge in [-0.2, -0.15) is 5.26 Å². The van der Waals surface area contributed by atoms with E-state index in [1.165, 1.54) is 18.5 Å². The predicted octanol–water partition coefficient (Wildman–Crippen LogP) is 2.51. The van der Waals surface area contributed by atoms with Gasteiger partial charge in [-0.05, 0) is 30.4 Å². The number of methoxy groups -OCH3 is 1. The molecular weight excluding hydrogens is 262 g/mol. The number of para-hydroxylation sites is 2. The van der Waals surface area contributed by atoms with E-state index in [9.17, 15) is 0 Å². The quantitative estimate of drug-likeness (QED) is 0.833. The molecule has 1 aliphatic heterocycles. The maximum atomic E-state index is 8.93. The molecule has 0 amide bonds. The zero-order valence-corrected chi connectivity index (χ0v) is 12.7. The Morgan fingerprint density at radius 1 is 1.19 bits per heavy atom. The molecule has 2 fully saturated rings. The first kappa shape index (κ1) is 14.2. The van der Waals surface area contributed by atoms with Crippen LogP contribution < -0.4 is 9.64 Å². The number of anilines is 1. The molecule has 2 aliphatic rings. The SMILES string of the molecule is COc1ccccc1N1CCN(CC2(CC#N)CC2)CC1. The van der Waals surface area contributed by atoms with Gasteiger partial charge in [0.2, 0.25) is 0 Å². The van der Waals surface area contributed by atoms with Gasteiger partial charge in [-0.15, -0.1) is 0 Å². The van der Waals surface area contributed by atoms with Crippen LogP contribution in [0.4, 0.5) is 5.69 Å². The van der Waals surface area contributed by atoms with Crippen LogP contribution in [-0.4, -0.2) is 44.7 Å². The molecule has 0 N–H and O–H groups in total. The molecule has 1 heterocycles. The largest absolute Gasteiger partial charge is 0.495 e. The lowest BCUT2D eigenvalue weighted by Gasteiger charge is -2.38. The van der Waals surface area contributed by atoms with Crippen molar-refractivity contribution in [3.8, 4) is 11.8 Å². The average molecular weight is 285 g/mol. The summed E-state index contributed by atoms with van der Waals surface area (Å²) in [6, 6.07) is 10.6. The summed E-state index contributed by atoms with van der Waals surface area (Å²) in [6.07, 6.45) is 3.18. The Hall–Kier alpha value is -1.73. The van der Waals surface area contributed by atoms with E-state index in [4.69, 9.17) is 10.00 Å². The first-order valence-corrected chi connectivity index (χ1v) is 7.74. The van der Waals surface area contributed by atoms with Crippen LogP contribution in [0.25, 0.3) is 0 Å². The molecule has 3 rings (SSSR count). The third kappa shape index (κ3) is 3.14. The molecule has 1 saturated carbocycles. The number of ether oxygens (including phenoxy) is 1. The summed E-state index contributed by atoms with van der Waals surface area (Å²) in [7, 11) is 1.73. The standard InChI is InChI=1S/C17H23N3O/c1-21-16-5-3-2-4-15(16)20-12-10-19(11-13-20)14-17(6-7-17)8-9-18/h2-5H,6-8,10-14H2,1H3. The normalized spacial score (nSPS) is 20.9. The molecule has 21 heavy (non-hydrogen) atoms. The molecule has 0 spiro atoms. The van der Waals surface area contributed by atoms with Gasteiger partial charge >= 0.3 is 0 Å². The molecule has 1 saturated heterocycles. The van der Waals surface area contributed by atoms with Crippen molar-refractivity contribution in [2.24, 2.45) is 5.41 Å². The van der Waals surface area contributed by atoms with E-state index in [-0.39, 0.29) is 0 Å². The number of nitriles is 1. The Morgan fingerprint density at radius 2 is 1.90 bits per heavy atom. The Morgan fingerprint density at radius 3 is 2.52 bits per heavy atom. The first-order valence-electron chi connectivity index (χ1n) is 7.74. The molecule has 0 aromatic heterocycles. The van der Waals surface area contributed by atoms with Crippen LogP contribution >= 0.6 is 0 Å². The van der Waals surface area contributed by atoms with Crippen molar-refractivity contribution in [2.45, 2.75) is 19.3 Å². The Bertz CT molecular complexity index is 525. The topological polar surface area (TPSA) is 39.5 Å². The summed E-state index contributed by atoms with van der Waals surface area (Å²) in [5, 5.41) is 8.93. The zero-order valence-electron chi connectivity index (χ0n) is 12.7. The lowest BCUT2D eigenvalue weighted by Crippen LogP contribution is -2.48. The van der Waals surface area contributed by atoms with Crippen LogP contribution in [0.2, 0.25) is 0 Å². The van der Waals surface area contributed by atoms with Crippen LogP contribution in [0.1, 0.15) is 19.3 Å². The second-order valence-electron chi connectivity index (χ2n) is 6.27. The van der Waals surface area contributed by atoms with Crippen molar-refractivity contribution >= 4 is 5.69 Å². The van der Waals surface area contributed by atoms with Crippen molar-refractivity contribution in [3.63, 3.8) is 0 Å². The second kappa shape index (κ2) is 5.95. The molecule has 112 valence electrons. The molecular formula is C17H23N3O. The lowest BCUT2D eigenvalue weighted by molar-refractivity contribution is 0.209. The van der Waals surface area contributed by atoms with E-state index in [2.05, 4.69) is 28.0 Å². The van der Waals surface area contributed by atoms with Crippen molar-refractivity contribution in [3.05, 3.63) is 24.3 Å². The van der Waals surface area contributed by atoms with E-state index in [0.29, 0.717) is 5.41 Å². The Kier molecular flexibility index (Phi) is 4.03. The minimum atomic E-state index is 0.321. The van der Waals surface area contributed by atoms with E-state index < -0.39 is 0 Å². The Labute approximate surface area is 126 Å². The van der Waals surface area contributed by atoms with Crippen LogP contribution in [-0.2, 0) is 0 Å². The molecule has 1 aliphatic carbocycles. The molecule has 0 atom stereocenters. The highest BCUT2D eigenvalue weighted by atomic mass is 16.5. The first-order chi connectivity index (χ1) is 10.3. The number of nitrogens with zero attached hydrogens (tertiary/aromatic N) is 3. The minimum absolute atomic E-state index is 0.321. The summed E-state index contributed by atoms with van der Waals surface area (Å²) >= 11 is 0. The van der Waals surface area contributed by atoms with Crippen LogP contribution in [0.15, 0.2) is 24.3 Å². The van der Waals surface area contributed by atoms with Gasteiger partial charge < -0.3 is 9.64 Å². The van der Waals surface area contributed by atoms with Crippen molar-refractivity contribution in [2.75, 3.05) is 44.7 Å². The molecule has 4 nitrogen and oxygen atoms in total. The maximum Gasteiger partial charge on any atom is 0.142 e. The zero-order chi connectivity index (χ0) is 14.7. The predicted molar refractivity (Wildman–Crippen MR) is 83.5 cm³/mol. The highest BCUT2D eigenvalue weighted by Crippen LogP contribution is 2.49. The average Bonchev–Trinajstić information content (AvgIpc) is 3.28. The van der Waals surface area contributed by atoms with Crippen molar-refractivity contribution in [1.29, 1.82) is 5.26 Å². The molecule has 1 aromatic rings. The fourth-order valence-electron chi connectivity index (χ4n) is 3.25. The molecule has 0 bridgehead atoms. The number of benzene rings is 1. The monoisotopic (exact) mass is 285 g/mol. The molecule has 0 radical (unpaired) electrons. The number of rotatable bonds is 5. The van der Waals surface area contributed by atoms with Gasteiger partial charge in [-0.1, -0.05) is 12.1 Å². The third-order valence-electron chi connectivity index (χ3n) is 4.77. The van der Waals surface area contributed by atoms with Gasteiger partial charge in [-0.25, -0.2) is 0 Å². The highest BCUT2D eigenvalue weighted by Gasteiger charge is 2.43. The fourth-order valence-corrected chi connectivity index (χ4v) is 3.25. The summed E-state index contributed by atoms with van der Waals surface area (Å²) in [5.74, 6) is 0.953. The highest BCUT2D eigenvalue weighted by molar-refractivity contribution is 5.58. The van der Waals surface area contributed by atoms with Gasteiger partial charge in [0.25, 0.3) is 0 Å². The summed E-state index contributed by atoms with van der Waals surface area (Å²) in [4.78, 5) is 4.93. The molecule has 1 aromatic carbocycles. The van der Waals surface area contributed by atoms with Crippen LogP contribution in [0.3, 0.4) is 0 Å². The number of hydrogen-bond donors (Lipinski definition) is 0. The van der Waals surface area contributed by atoms with Gasteiger partial charge in [0.05, 0.1) is 18.9 Å². The maximum absolute atomic E-state index is 8.93. The third-order valence-corrected chi connectivity index (χ3v) is 4.77. The van der Waals surface area contributed by atoms with Crippen molar-refractivity contribution < 1.29 is 4.74 Å². The van der Waals surface area contributed by atoms with Crippen LogP contribution in [0, 0.1) is 16.7 Å². The smallest absolute Gasteiger partial charge is 0.142 e. The van der Waals surface area contributed by atoms with Crippen molar-refractivity contribution in [1.82, 2.24) is 4.90 Å². The van der Waals surface area contributed by atoms with E-state index in [1.54, 1.807) is 7.11 Å². The van der Waals surface area contributed by atoms with Gasteiger partial charge in [0.15, 0.2) is 0 Å². The van der Waals surface area contributed by atoms with Crippen LogP contribution in [0.5, 0.6) is 5.75 Å². The summed E-state index contributed by atoms with van der Waals surface area (Å²) < 4.78 is 5.46. The van der Waals surface area contributed by atoms with E-state index in [1.807, 2.05) is 12.1 Å². The van der Waals surface area contributed by atoms with Gasteiger partial charge in [-0.3, -0.25) is 4.90 Å². The van der Waals surface area contributed by atoms with E-state index >= 15 is 0 Å². The minimum Gasteiger partial charge on any atom is -0.495 e. The second-order valence-corrected chi connectivity index (χ2v) is 6.27. The van der Waals surface area contributed by atoms with E-state index in [0.717, 1.165) is 44.9 Å². The lowest BCUT2D eigenvalue weighted by atomic mass is 10.0. The fraction of sp³-hybridized carbons (Fsp3) is 0.588. The molecule has 0 unspecified atom stereocenters. The van der Waals surface area contributed by atoms with Gasteiger partial charge in [0.1, 0.15) is 5.75 Å². The molecule has 4 heteroatoms. The number of piperazine rings is 1. The summed E-state index contributed by atoms with van der Waals surface area (Å²) in [5.41, 5.74) is 1.51. The Balaban J connectivity index is 1.57. The number of hydrogen-bond acceptors (Lipinski definition) is 4. The van der Waals surface area contributed by atoms with Gasteiger partial charge in [0, 0.05) is 39.1 Å². The summed E-state index contributed by atoms with van der Waals surface area (Å²) in [6.45, 7) is 5.31.